The van der Waals surface area contributed by atoms with E-state index in [9.17, 15) is 9.90 Å². The molecule has 0 aliphatic carbocycles. The average Bonchev–Trinajstić information content (AvgIpc) is 3.43. The molecule has 1 aliphatic heterocycles. The van der Waals surface area contributed by atoms with Crippen LogP contribution in [0, 0.1) is 0 Å². The Balaban J connectivity index is 1.59. The molecular weight excluding hydrogens is 476 g/mol. The Morgan fingerprint density at radius 3 is 2.83 bits per heavy atom. The molecule has 3 heterocycles. The van der Waals surface area contributed by atoms with Crippen molar-refractivity contribution < 1.29 is 14.6 Å². The number of nitrogens with one attached hydrogen (secondary N) is 1. The first-order chi connectivity index (χ1) is 17.6. The second-order valence-corrected chi connectivity index (χ2v) is 9.28. The van der Waals surface area contributed by atoms with Gasteiger partial charge < -0.3 is 14.7 Å². The number of rotatable bonds is 9. The van der Waals surface area contributed by atoms with E-state index in [1.165, 1.54) is 6.07 Å². The fraction of sp³-hybridized carbons (Fsp3) is 0.250. The number of aromatic amines is 1. The van der Waals surface area contributed by atoms with Crippen molar-refractivity contribution in [1.29, 1.82) is 0 Å². The molecule has 0 saturated heterocycles. The number of aromatic nitrogens is 3. The van der Waals surface area contributed by atoms with Crippen molar-refractivity contribution in [2.75, 3.05) is 6.61 Å². The minimum atomic E-state index is -0.445. The number of carbonyl (C=O) groups excluding carboxylic acids is 1. The van der Waals surface area contributed by atoms with Gasteiger partial charge >= 0.3 is 0 Å². The number of aromatic hydroxyl groups is 1. The Hall–Kier alpha value is -3.84. The lowest BCUT2D eigenvalue weighted by molar-refractivity contribution is 0.0729. The third-order valence-corrected chi connectivity index (χ3v) is 6.58. The number of carbonyl (C=O) groups is 1. The van der Waals surface area contributed by atoms with Gasteiger partial charge in [-0.05, 0) is 53.9 Å². The molecule has 1 aliphatic rings. The normalized spacial score (nSPS) is 14.8. The fourth-order valence-electron chi connectivity index (χ4n) is 4.61. The maximum absolute atomic E-state index is 13.6. The predicted octanol–water partition coefficient (Wildman–Crippen LogP) is 6.15. The van der Waals surface area contributed by atoms with E-state index in [1.807, 2.05) is 36.4 Å². The lowest BCUT2D eigenvalue weighted by Gasteiger charge is -2.27. The van der Waals surface area contributed by atoms with Crippen LogP contribution in [0.3, 0.4) is 0 Å². The molecule has 1 unspecified atom stereocenters. The summed E-state index contributed by atoms with van der Waals surface area (Å²) >= 11 is 6.24. The number of fused-ring (bicyclic) bond motifs is 1. The number of phenols is 1. The van der Waals surface area contributed by atoms with E-state index in [0.717, 1.165) is 36.1 Å². The van der Waals surface area contributed by atoms with E-state index in [0.29, 0.717) is 40.7 Å². The summed E-state index contributed by atoms with van der Waals surface area (Å²) in [6.45, 7) is 3.16. The van der Waals surface area contributed by atoms with Crippen molar-refractivity contribution in [1.82, 2.24) is 20.1 Å². The fourth-order valence-corrected chi connectivity index (χ4v) is 4.79. The van der Waals surface area contributed by atoms with Crippen LogP contribution in [0.4, 0.5) is 0 Å². The first kappa shape index (κ1) is 23.9. The Labute approximate surface area is 214 Å². The molecule has 0 spiro atoms. The van der Waals surface area contributed by atoms with E-state index >= 15 is 0 Å². The van der Waals surface area contributed by atoms with E-state index in [4.69, 9.17) is 16.3 Å². The largest absolute Gasteiger partial charge is 0.507 e. The van der Waals surface area contributed by atoms with Crippen LogP contribution in [0.1, 0.15) is 59.4 Å². The monoisotopic (exact) mass is 502 g/mol. The molecule has 2 aromatic heterocycles. The second-order valence-electron chi connectivity index (χ2n) is 8.85. The Morgan fingerprint density at radius 2 is 2.03 bits per heavy atom. The molecule has 2 aromatic carbocycles. The summed E-state index contributed by atoms with van der Waals surface area (Å²) in [6.07, 6.45) is 6.69. The number of nitrogens with zero attached hydrogens (tertiary/aromatic N) is 3. The van der Waals surface area contributed by atoms with E-state index in [2.05, 4.69) is 22.1 Å². The molecule has 1 atom stereocenters. The van der Waals surface area contributed by atoms with Crippen LogP contribution < -0.4 is 4.74 Å². The highest BCUT2D eigenvalue weighted by atomic mass is 35.5. The lowest BCUT2D eigenvalue weighted by atomic mass is 9.95. The van der Waals surface area contributed by atoms with E-state index in [1.54, 1.807) is 29.4 Å². The molecule has 184 valence electrons. The zero-order valence-electron chi connectivity index (χ0n) is 19.9. The predicted molar refractivity (Wildman–Crippen MR) is 138 cm³/mol. The Morgan fingerprint density at radius 1 is 1.14 bits per heavy atom. The molecule has 36 heavy (non-hydrogen) atoms. The van der Waals surface area contributed by atoms with Crippen LogP contribution in [0.15, 0.2) is 67.0 Å². The lowest BCUT2D eigenvalue weighted by Crippen LogP contribution is -2.29. The van der Waals surface area contributed by atoms with Gasteiger partial charge in [0.1, 0.15) is 22.9 Å². The molecule has 5 rings (SSSR count). The number of unbranched alkanes of at least 4 members (excludes halogenated alkanes) is 2. The van der Waals surface area contributed by atoms with Crippen LogP contribution in [0.25, 0.3) is 11.3 Å². The van der Waals surface area contributed by atoms with Crippen molar-refractivity contribution in [2.24, 2.45) is 0 Å². The molecule has 0 bridgehead atoms. The highest BCUT2D eigenvalue weighted by molar-refractivity contribution is 6.31. The molecule has 0 radical (unpaired) electrons. The van der Waals surface area contributed by atoms with Gasteiger partial charge in [0.25, 0.3) is 5.91 Å². The summed E-state index contributed by atoms with van der Waals surface area (Å²) in [5.41, 5.74) is 3.85. The molecule has 4 aromatic rings. The number of benzene rings is 2. The van der Waals surface area contributed by atoms with Gasteiger partial charge in [0.2, 0.25) is 0 Å². The minimum absolute atomic E-state index is 0.0404. The van der Waals surface area contributed by atoms with Crippen molar-refractivity contribution in [3.8, 4) is 22.8 Å². The van der Waals surface area contributed by atoms with Crippen LogP contribution >= 0.6 is 11.6 Å². The summed E-state index contributed by atoms with van der Waals surface area (Å²) in [5, 5.41) is 18.4. The summed E-state index contributed by atoms with van der Waals surface area (Å²) in [7, 11) is 0. The van der Waals surface area contributed by atoms with Crippen molar-refractivity contribution in [3.63, 3.8) is 0 Å². The average molecular weight is 503 g/mol. The van der Waals surface area contributed by atoms with Gasteiger partial charge in [-0.1, -0.05) is 49.6 Å². The SMILES string of the molecule is CCCCCOc1cccc(C2c3c(-c4cc(Cl)ccc4O)n[nH]c3C(=O)N2Cc2cccnc2)c1. The number of halogens is 1. The van der Waals surface area contributed by atoms with Crippen LogP contribution in [-0.4, -0.2) is 37.7 Å². The smallest absolute Gasteiger partial charge is 0.273 e. The number of amides is 1. The minimum Gasteiger partial charge on any atom is -0.507 e. The molecule has 0 fully saturated rings. The van der Waals surface area contributed by atoms with Gasteiger partial charge in [-0.2, -0.15) is 5.10 Å². The van der Waals surface area contributed by atoms with Crippen molar-refractivity contribution >= 4 is 17.5 Å². The molecule has 7 nitrogen and oxygen atoms in total. The van der Waals surface area contributed by atoms with Gasteiger partial charge in [0.05, 0.1) is 12.6 Å². The molecule has 1 amide bonds. The standard InChI is InChI=1S/C28H27ClN4O3/c1-2-3-4-13-36-21-9-5-8-19(14-21)27-24-25(22-15-20(29)10-11-23(22)34)31-32-26(24)28(35)33(27)17-18-7-6-12-30-16-18/h5-12,14-16,27,34H,2-4,13,17H2,1H3,(H,31,32). The highest BCUT2D eigenvalue weighted by Gasteiger charge is 2.42. The Kier molecular flexibility index (Phi) is 6.91. The quantitative estimate of drug-likeness (QED) is 0.268. The van der Waals surface area contributed by atoms with Gasteiger partial charge in [-0.15, -0.1) is 0 Å². The van der Waals surface area contributed by atoms with Crippen molar-refractivity contribution in [2.45, 2.75) is 38.8 Å². The zero-order valence-corrected chi connectivity index (χ0v) is 20.7. The van der Waals surface area contributed by atoms with E-state index < -0.39 is 6.04 Å². The summed E-state index contributed by atoms with van der Waals surface area (Å²) in [6, 6.07) is 16.0. The van der Waals surface area contributed by atoms with Crippen LogP contribution in [0.5, 0.6) is 11.5 Å². The summed E-state index contributed by atoms with van der Waals surface area (Å²) in [5.74, 6) is 0.619. The topological polar surface area (TPSA) is 91.3 Å². The highest BCUT2D eigenvalue weighted by Crippen LogP contribution is 2.45. The summed E-state index contributed by atoms with van der Waals surface area (Å²) in [4.78, 5) is 19.6. The second kappa shape index (κ2) is 10.4. The maximum atomic E-state index is 13.6. The third-order valence-electron chi connectivity index (χ3n) is 6.34. The first-order valence-electron chi connectivity index (χ1n) is 12.1. The van der Waals surface area contributed by atoms with E-state index in [-0.39, 0.29) is 11.7 Å². The van der Waals surface area contributed by atoms with Gasteiger partial charge in [0, 0.05) is 35.1 Å². The maximum Gasteiger partial charge on any atom is 0.273 e. The van der Waals surface area contributed by atoms with Gasteiger partial charge in [-0.3, -0.25) is 14.9 Å². The number of hydrogen-bond acceptors (Lipinski definition) is 5. The number of hydrogen-bond donors (Lipinski definition) is 2. The Bertz CT molecular complexity index is 1370. The third kappa shape index (κ3) is 4.66. The molecule has 8 heteroatoms. The number of pyridine rings is 1. The molecule has 2 N–H and O–H groups in total. The van der Waals surface area contributed by atoms with Crippen molar-refractivity contribution in [3.05, 3.63) is 94.4 Å². The molecule has 0 saturated carbocycles. The number of H-pyrrole nitrogens is 1. The summed E-state index contributed by atoms with van der Waals surface area (Å²) < 4.78 is 6.01. The zero-order chi connectivity index (χ0) is 25.1. The number of ether oxygens (including phenoxy) is 1. The van der Waals surface area contributed by atoms with Gasteiger partial charge in [0.15, 0.2) is 0 Å². The van der Waals surface area contributed by atoms with Crippen LogP contribution in [0.2, 0.25) is 5.02 Å². The molecular formula is C28H27ClN4O3. The number of phenolic OH excluding ortho intramolecular Hbond substituents is 1. The first-order valence-corrected chi connectivity index (χ1v) is 12.4. The van der Waals surface area contributed by atoms with Crippen LogP contribution in [-0.2, 0) is 6.54 Å². The van der Waals surface area contributed by atoms with Gasteiger partial charge in [-0.25, -0.2) is 0 Å².